The van der Waals surface area contributed by atoms with E-state index in [0.717, 1.165) is 12.1 Å². The highest BCUT2D eigenvalue weighted by Gasteiger charge is 2.31. The van der Waals surface area contributed by atoms with E-state index in [0.29, 0.717) is 5.69 Å². The van der Waals surface area contributed by atoms with Crippen molar-refractivity contribution in [2.75, 3.05) is 11.9 Å². The van der Waals surface area contributed by atoms with Gasteiger partial charge in [-0.15, -0.1) is 0 Å². The fraction of sp³-hybridized carbons (Fsp3) is 0.417. The van der Waals surface area contributed by atoms with Crippen LogP contribution in [0.2, 0.25) is 0 Å². The molecule has 0 aromatic heterocycles. The van der Waals surface area contributed by atoms with Gasteiger partial charge in [-0.1, -0.05) is 0 Å². The molecule has 0 heterocycles. The van der Waals surface area contributed by atoms with E-state index in [2.05, 4.69) is 0 Å². The van der Waals surface area contributed by atoms with Crippen molar-refractivity contribution < 1.29 is 13.2 Å². The number of anilines is 1. The number of hydrogen-bond donors (Lipinski definition) is 2. The molecule has 3 nitrogen and oxygen atoms in total. The summed E-state index contributed by atoms with van der Waals surface area (Å²) >= 11 is 0. The molecule has 0 spiro atoms. The largest absolute Gasteiger partial charge is 0.416 e. The lowest BCUT2D eigenvalue weighted by Crippen LogP contribution is -2.29. The Hall–Kier alpha value is -1.72. The number of halogens is 3. The Morgan fingerprint density at radius 2 is 1.89 bits per heavy atom. The van der Waals surface area contributed by atoms with Crippen molar-refractivity contribution in [3.8, 4) is 0 Å². The van der Waals surface area contributed by atoms with Gasteiger partial charge in [0.2, 0.25) is 0 Å². The highest BCUT2D eigenvalue weighted by atomic mass is 19.4. The zero-order valence-electron chi connectivity index (χ0n) is 10.5. The third kappa shape index (κ3) is 2.94. The average Bonchev–Trinajstić information content (AvgIpc) is 2.25. The second-order valence-corrected chi connectivity index (χ2v) is 4.35. The van der Waals surface area contributed by atoms with Gasteiger partial charge in [0, 0.05) is 24.3 Å². The Bertz CT molecular complexity index is 452. The van der Waals surface area contributed by atoms with Gasteiger partial charge in [0.25, 0.3) is 0 Å². The summed E-state index contributed by atoms with van der Waals surface area (Å²) in [4.78, 5) is 1.77. The van der Waals surface area contributed by atoms with Gasteiger partial charge in [-0.3, -0.25) is 5.41 Å². The zero-order valence-corrected chi connectivity index (χ0v) is 10.5. The summed E-state index contributed by atoms with van der Waals surface area (Å²) in [5, 5.41) is 7.40. The smallest absolute Gasteiger partial charge is 0.384 e. The molecule has 3 N–H and O–H groups in total. The number of amidine groups is 1. The van der Waals surface area contributed by atoms with Crippen LogP contribution in [0.3, 0.4) is 0 Å². The van der Waals surface area contributed by atoms with Crippen LogP contribution in [0, 0.1) is 5.41 Å². The van der Waals surface area contributed by atoms with Crippen molar-refractivity contribution in [2.24, 2.45) is 5.73 Å². The monoisotopic (exact) mass is 259 g/mol. The summed E-state index contributed by atoms with van der Waals surface area (Å²) in [6.45, 7) is 3.81. The Kier molecular flexibility index (Phi) is 3.88. The van der Waals surface area contributed by atoms with Gasteiger partial charge in [0.1, 0.15) is 5.84 Å². The van der Waals surface area contributed by atoms with Crippen molar-refractivity contribution >= 4 is 11.5 Å². The fourth-order valence-electron chi connectivity index (χ4n) is 1.51. The summed E-state index contributed by atoms with van der Waals surface area (Å²) in [6.07, 6.45) is -4.43. The molecule has 0 amide bonds. The maximum absolute atomic E-state index is 12.6. The molecule has 0 saturated carbocycles. The van der Waals surface area contributed by atoms with E-state index in [4.69, 9.17) is 11.1 Å². The summed E-state index contributed by atoms with van der Waals surface area (Å²) in [5.74, 6) is -0.372. The quantitative estimate of drug-likeness (QED) is 0.647. The van der Waals surface area contributed by atoms with E-state index in [-0.39, 0.29) is 17.4 Å². The normalized spacial score (nSPS) is 11.7. The van der Waals surface area contributed by atoms with Crippen LogP contribution in [-0.4, -0.2) is 18.9 Å². The zero-order chi connectivity index (χ0) is 14.1. The molecule has 0 radical (unpaired) electrons. The molecule has 0 atom stereocenters. The molecule has 18 heavy (non-hydrogen) atoms. The lowest BCUT2D eigenvalue weighted by Gasteiger charge is -2.26. The molecular formula is C12H16F3N3. The van der Waals surface area contributed by atoms with Crippen LogP contribution in [0.5, 0.6) is 0 Å². The number of benzene rings is 1. The third-order valence-electron chi connectivity index (χ3n) is 2.77. The molecule has 1 aromatic rings. The minimum atomic E-state index is -4.43. The molecule has 0 bridgehead atoms. The van der Waals surface area contributed by atoms with Gasteiger partial charge in [0.05, 0.1) is 5.56 Å². The molecule has 0 fully saturated rings. The molecule has 100 valence electrons. The maximum Gasteiger partial charge on any atom is 0.416 e. The molecular weight excluding hydrogens is 243 g/mol. The third-order valence-corrected chi connectivity index (χ3v) is 2.77. The molecule has 0 unspecified atom stereocenters. The van der Waals surface area contributed by atoms with Gasteiger partial charge in [-0.25, -0.2) is 0 Å². The van der Waals surface area contributed by atoms with Gasteiger partial charge >= 0.3 is 6.18 Å². The second-order valence-electron chi connectivity index (χ2n) is 4.35. The lowest BCUT2D eigenvalue weighted by atomic mass is 10.1. The Balaban J connectivity index is 3.34. The van der Waals surface area contributed by atoms with E-state index >= 15 is 0 Å². The second kappa shape index (κ2) is 4.88. The van der Waals surface area contributed by atoms with Gasteiger partial charge in [-0.05, 0) is 32.0 Å². The van der Waals surface area contributed by atoms with Crippen molar-refractivity contribution in [3.63, 3.8) is 0 Å². The predicted octanol–water partition coefficient (Wildman–Crippen LogP) is 2.83. The lowest BCUT2D eigenvalue weighted by molar-refractivity contribution is -0.137. The Labute approximate surface area is 104 Å². The van der Waals surface area contributed by atoms with Crippen LogP contribution in [0.15, 0.2) is 18.2 Å². The summed E-state index contributed by atoms with van der Waals surface area (Å²) in [5.41, 5.74) is 5.17. The molecule has 0 aliphatic heterocycles. The minimum absolute atomic E-state index is 0.0971. The first-order valence-electron chi connectivity index (χ1n) is 5.43. The Morgan fingerprint density at radius 1 is 1.33 bits per heavy atom. The first kappa shape index (κ1) is 14.3. The van der Waals surface area contributed by atoms with E-state index < -0.39 is 11.7 Å². The highest BCUT2D eigenvalue weighted by molar-refractivity contribution is 6.00. The number of nitrogens with one attached hydrogen (secondary N) is 1. The standard InChI is InChI=1S/C12H16F3N3/c1-7(2)18(3)10-5-4-8(12(13,14)15)6-9(10)11(16)17/h4-7H,1-3H3,(H3,16,17). The fourth-order valence-corrected chi connectivity index (χ4v) is 1.51. The molecule has 1 aromatic carbocycles. The van der Waals surface area contributed by atoms with Crippen molar-refractivity contribution in [2.45, 2.75) is 26.1 Å². The van der Waals surface area contributed by atoms with E-state index in [1.807, 2.05) is 13.8 Å². The number of nitrogens with zero attached hydrogens (tertiary/aromatic N) is 1. The van der Waals surface area contributed by atoms with Crippen molar-refractivity contribution in [1.82, 2.24) is 0 Å². The molecule has 0 aliphatic carbocycles. The van der Waals surface area contributed by atoms with Crippen LogP contribution >= 0.6 is 0 Å². The first-order chi connectivity index (χ1) is 8.14. The minimum Gasteiger partial charge on any atom is -0.384 e. The van der Waals surface area contributed by atoms with E-state index in [1.54, 1.807) is 11.9 Å². The van der Waals surface area contributed by atoms with Crippen molar-refractivity contribution in [3.05, 3.63) is 29.3 Å². The van der Waals surface area contributed by atoms with Crippen LogP contribution in [-0.2, 0) is 6.18 Å². The summed E-state index contributed by atoms with van der Waals surface area (Å²) in [7, 11) is 1.75. The van der Waals surface area contributed by atoms with E-state index in [9.17, 15) is 13.2 Å². The van der Waals surface area contributed by atoms with Crippen LogP contribution < -0.4 is 10.6 Å². The van der Waals surface area contributed by atoms with Gasteiger partial charge in [-0.2, -0.15) is 13.2 Å². The number of hydrogen-bond acceptors (Lipinski definition) is 2. The Morgan fingerprint density at radius 3 is 2.28 bits per heavy atom. The number of nitrogen functional groups attached to an aromatic ring is 1. The number of nitrogens with two attached hydrogens (primary N) is 1. The van der Waals surface area contributed by atoms with Gasteiger partial charge in [0.15, 0.2) is 0 Å². The SMILES string of the molecule is CC(C)N(C)c1ccc(C(F)(F)F)cc1C(=N)N. The topological polar surface area (TPSA) is 53.1 Å². The van der Waals surface area contributed by atoms with E-state index in [1.165, 1.54) is 6.07 Å². The van der Waals surface area contributed by atoms with Gasteiger partial charge < -0.3 is 10.6 Å². The van der Waals surface area contributed by atoms with Crippen molar-refractivity contribution in [1.29, 1.82) is 5.41 Å². The number of alkyl halides is 3. The molecule has 1 rings (SSSR count). The average molecular weight is 259 g/mol. The molecule has 0 aliphatic rings. The summed E-state index contributed by atoms with van der Waals surface area (Å²) in [6, 6.07) is 3.36. The van der Waals surface area contributed by atoms with Crippen LogP contribution in [0.1, 0.15) is 25.0 Å². The maximum atomic E-state index is 12.6. The van der Waals surface area contributed by atoms with Crippen LogP contribution in [0.4, 0.5) is 18.9 Å². The summed E-state index contributed by atoms with van der Waals surface area (Å²) < 4.78 is 37.8. The molecule has 6 heteroatoms. The van der Waals surface area contributed by atoms with Crippen LogP contribution in [0.25, 0.3) is 0 Å². The molecule has 0 saturated heterocycles. The number of rotatable bonds is 3. The first-order valence-corrected chi connectivity index (χ1v) is 5.43. The predicted molar refractivity (Wildman–Crippen MR) is 66.0 cm³/mol. The highest BCUT2D eigenvalue weighted by Crippen LogP contribution is 2.32.